The maximum atomic E-state index is 10.4. The summed E-state index contributed by atoms with van der Waals surface area (Å²) in [6.07, 6.45) is 0. The van der Waals surface area contributed by atoms with Crippen LogP contribution in [0.5, 0.6) is 0 Å². The van der Waals surface area contributed by atoms with E-state index in [1.165, 1.54) is 0 Å². The van der Waals surface area contributed by atoms with Crippen molar-refractivity contribution in [3.8, 4) is 0 Å². The third-order valence-corrected chi connectivity index (χ3v) is 2.38. The van der Waals surface area contributed by atoms with Crippen molar-refractivity contribution in [3.63, 3.8) is 0 Å². The molecule has 0 amide bonds. The molecule has 0 radical (unpaired) electrons. The Morgan fingerprint density at radius 2 is 1.78 bits per heavy atom. The van der Waals surface area contributed by atoms with E-state index in [2.05, 4.69) is 35.9 Å². The molecule has 0 saturated heterocycles. The molecule has 0 aliphatic rings. The van der Waals surface area contributed by atoms with Gasteiger partial charge in [-0.1, -0.05) is 0 Å². The summed E-state index contributed by atoms with van der Waals surface area (Å²) >= 11 is 10.0. The van der Waals surface area contributed by atoms with Gasteiger partial charge in [0.05, 0.1) is 5.97 Å². The van der Waals surface area contributed by atoms with Crippen molar-refractivity contribution < 1.29 is 45.0 Å². The molecule has 0 spiro atoms. The molecule has 0 fully saturated rings. The fraction of sp³-hybridized carbons (Fsp3) is 0.750. The van der Waals surface area contributed by atoms with Crippen molar-refractivity contribution in [1.82, 2.24) is 5.32 Å². The zero-order chi connectivity index (χ0) is 14.6. The molecular weight excluding hydrogens is 366 g/mol. The van der Waals surface area contributed by atoms with Crippen LogP contribution in [0.1, 0.15) is 2.85 Å². The monoisotopic (exact) mass is 378 g/mol. The minimum atomic E-state index is -1.32. The van der Waals surface area contributed by atoms with E-state index in [1.807, 2.05) is 0 Å². The van der Waals surface area contributed by atoms with Gasteiger partial charge in [0.15, 0.2) is 0 Å². The maximum absolute atomic E-state index is 10.4. The van der Waals surface area contributed by atoms with Crippen LogP contribution < -0.4 is 15.5 Å². The van der Waals surface area contributed by atoms with Crippen molar-refractivity contribution >= 4 is 37.2 Å². The van der Waals surface area contributed by atoms with Crippen molar-refractivity contribution in [2.24, 2.45) is 0 Å². The number of carboxylic acids is 2. The molecule has 0 heterocycles. The van der Waals surface area contributed by atoms with Crippen LogP contribution in [-0.4, -0.2) is 48.6 Å². The summed E-state index contributed by atoms with van der Waals surface area (Å²) in [5.74, 6) is -2.69. The van der Waals surface area contributed by atoms with Crippen molar-refractivity contribution in [1.29, 1.82) is 0 Å². The number of carbonyl (C=O) groups excluding carboxylic acids is 2. The molecule has 10 heteroatoms. The standard InChI is InChI=1S/C8H15N2O4S2.O.Tc/c11-7(12)5(3-15)9-1-2-10-6(4-16)8(13)14;;/h5-6,9,15-16H,1-4H2,(H,11,12)(H,13,14);;/q-1;;+3/p-2. The molecule has 0 aromatic rings. The number of carbonyl (C=O) groups is 2. The van der Waals surface area contributed by atoms with Crippen LogP contribution in [0, 0.1) is 0 Å². The minimum absolute atomic E-state index is 0. The molecule has 2 atom stereocenters. The van der Waals surface area contributed by atoms with Crippen LogP contribution in [0.2, 0.25) is 0 Å². The second-order valence-corrected chi connectivity index (χ2v) is 3.57. The second-order valence-electron chi connectivity index (χ2n) is 2.90. The van der Waals surface area contributed by atoms with Gasteiger partial charge in [0.1, 0.15) is 0 Å². The summed E-state index contributed by atoms with van der Waals surface area (Å²) in [5, 5.41) is 27.2. The quantitative estimate of drug-likeness (QED) is 0.322. The number of aliphatic carboxylic acids is 2. The average Bonchev–Trinajstić information content (AvgIpc) is 2.35. The molecular formula is C8H13N2O5S2Tc. The Balaban J connectivity index is -0.000000304. The molecule has 0 aliphatic carbocycles. The van der Waals surface area contributed by atoms with Gasteiger partial charge >= 0.3 is 25.2 Å². The number of nitrogens with one attached hydrogen (secondary N) is 1. The predicted octanol–water partition coefficient (Wildman–Crippen LogP) is -3.62. The van der Waals surface area contributed by atoms with E-state index in [-0.39, 0.29) is 27.4 Å². The van der Waals surface area contributed by atoms with Crippen LogP contribution in [0.4, 0.5) is 0 Å². The number of nitrogens with zero attached hydrogens (tertiary/aromatic N) is 1. The van der Waals surface area contributed by atoms with Gasteiger partial charge in [0, 0.05) is 12.0 Å². The van der Waals surface area contributed by atoms with Gasteiger partial charge in [0.2, 0.25) is 0 Å². The number of carboxylic acid groups (broad SMARTS) is 2. The van der Waals surface area contributed by atoms with Crippen LogP contribution in [0.3, 0.4) is 0 Å². The van der Waals surface area contributed by atoms with E-state index in [9.17, 15) is 19.8 Å². The van der Waals surface area contributed by atoms with Crippen LogP contribution >= 0.6 is 0 Å². The number of hydrogen-bond acceptors (Lipinski definition) is 8. The molecule has 0 aromatic carbocycles. The first-order valence-electron chi connectivity index (χ1n) is 4.66. The molecule has 0 aliphatic heterocycles. The third kappa shape index (κ3) is 9.98. The molecule has 2 unspecified atom stereocenters. The van der Waals surface area contributed by atoms with Crippen LogP contribution in [0.25, 0.3) is 5.32 Å². The molecule has 0 aromatic heterocycles. The first kappa shape index (κ1) is 20.3. The van der Waals surface area contributed by atoms with E-state index >= 15 is 0 Å². The second kappa shape index (κ2) is 13.4. The normalized spacial score (nSPS) is 12.9. The fourth-order valence-electron chi connectivity index (χ4n) is 0.865. The van der Waals surface area contributed by atoms with Gasteiger partial charge in [-0.15, -0.1) is 12.6 Å². The third-order valence-electron chi connectivity index (χ3n) is 1.73. The topological polar surface area (TPSA) is 123 Å². The Hall–Kier alpha value is 0.00935. The van der Waals surface area contributed by atoms with E-state index < -0.39 is 24.0 Å². The Morgan fingerprint density at radius 3 is 2.11 bits per heavy atom. The molecule has 0 saturated carbocycles. The Bertz CT molecular complexity index is 245. The van der Waals surface area contributed by atoms with Crippen molar-refractivity contribution in [3.05, 3.63) is 5.32 Å². The summed E-state index contributed by atoms with van der Waals surface area (Å²) in [5.41, 5.74) is 0. The molecule has 7 nitrogen and oxygen atoms in total. The van der Waals surface area contributed by atoms with Gasteiger partial charge in [-0.05, 0) is 6.54 Å². The summed E-state index contributed by atoms with van der Waals surface area (Å²) < 4.78 is 8.22. The summed E-state index contributed by atoms with van der Waals surface area (Å²) in [7, 11) is 0. The molecule has 1 N–H and O–H groups in total. The SMILES string of the molecule is O=C([O-])C(C[S-])[N-]CCNC(C[S-])C(=O)[O-].[H+].[H+].[O]=[Tc+3]. The average molecular weight is 379 g/mol. The van der Waals surface area contributed by atoms with Gasteiger partial charge in [-0.3, -0.25) is 0 Å². The van der Waals surface area contributed by atoms with Crippen molar-refractivity contribution in [2.75, 3.05) is 24.6 Å². The number of rotatable bonds is 9. The van der Waals surface area contributed by atoms with Crippen molar-refractivity contribution in [2.45, 2.75) is 12.1 Å². The molecule has 0 bridgehead atoms. The van der Waals surface area contributed by atoms with Gasteiger partial charge in [0.25, 0.3) is 0 Å². The first-order valence-corrected chi connectivity index (χ1v) is 6.57. The summed E-state index contributed by atoms with van der Waals surface area (Å²) in [6, 6.07) is -1.95. The first-order chi connectivity index (χ1) is 8.52. The molecule has 0 rings (SSSR count). The Kier molecular flexibility index (Phi) is 15.2. The van der Waals surface area contributed by atoms with E-state index in [1.54, 1.807) is 0 Å². The number of hydrogen-bond donors (Lipinski definition) is 1. The Morgan fingerprint density at radius 1 is 1.22 bits per heavy atom. The van der Waals surface area contributed by atoms with E-state index in [4.69, 9.17) is 3.50 Å². The van der Waals surface area contributed by atoms with Gasteiger partial charge in [-0.2, -0.15) is 11.5 Å². The zero-order valence-corrected chi connectivity index (χ0v) is 12.7. The summed E-state index contributed by atoms with van der Waals surface area (Å²) in [4.78, 5) is 20.8. The zero-order valence-electron chi connectivity index (χ0n) is 11.2. The van der Waals surface area contributed by atoms with Gasteiger partial charge in [-0.25, -0.2) is 0 Å². The van der Waals surface area contributed by atoms with E-state index in [0.717, 1.165) is 18.9 Å². The fourth-order valence-corrected chi connectivity index (χ4v) is 1.36. The van der Waals surface area contributed by atoms with Crippen LogP contribution in [-0.2, 0) is 57.2 Å². The molecule has 104 valence electrons. The molecule has 18 heavy (non-hydrogen) atoms. The Labute approximate surface area is 129 Å². The van der Waals surface area contributed by atoms with E-state index in [0.29, 0.717) is 0 Å². The predicted molar refractivity (Wildman–Crippen MR) is 61.2 cm³/mol. The van der Waals surface area contributed by atoms with Gasteiger partial charge < -0.3 is 55.7 Å². The van der Waals surface area contributed by atoms with Crippen LogP contribution in [0.15, 0.2) is 0 Å². The summed E-state index contributed by atoms with van der Waals surface area (Å²) in [6.45, 7) is 0.336.